The van der Waals surface area contributed by atoms with Crippen LogP contribution in [0.1, 0.15) is 18.3 Å². The average molecular weight is 415 g/mol. The highest BCUT2D eigenvalue weighted by molar-refractivity contribution is 6.01. The maximum atomic E-state index is 11.9. The van der Waals surface area contributed by atoms with Gasteiger partial charge in [-0.25, -0.2) is 4.98 Å². The predicted octanol–water partition coefficient (Wildman–Crippen LogP) is 4.34. The summed E-state index contributed by atoms with van der Waals surface area (Å²) in [7, 11) is 0. The zero-order valence-corrected chi connectivity index (χ0v) is 17.9. The maximum absolute atomic E-state index is 11.9. The molecule has 1 fully saturated rings. The van der Waals surface area contributed by atoms with Crippen LogP contribution in [0, 0.1) is 6.92 Å². The lowest BCUT2D eigenvalue weighted by Gasteiger charge is -2.29. The molecule has 0 unspecified atom stereocenters. The van der Waals surface area contributed by atoms with Crippen molar-refractivity contribution in [2.75, 3.05) is 36.5 Å². The van der Waals surface area contributed by atoms with E-state index < -0.39 is 0 Å². The molecule has 1 amide bonds. The van der Waals surface area contributed by atoms with E-state index in [0.717, 1.165) is 47.9 Å². The fourth-order valence-electron chi connectivity index (χ4n) is 4.41. The fourth-order valence-corrected chi connectivity index (χ4v) is 4.41. The quantitative estimate of drug-likeness (QED) is 0.540. The highest BCUT2D eigenvalue weighted by atomic mass is 16.5. The van der Waals surface area contributed by atoms with Gasteiger partial charge in [-0.3, -0.25) is 4.79 Å². The van der Waals surface area contributed by atoms with E-state index in [2.05, 4.69) is 63.3 Å². The summed E-state index contributed by atoms with van der Waals surface area (Å²) in [6.45, 7) is 7.37. The number of benzene rings is 3. The molecule has 0 spiro atoms. The van der Waals surface area contributed by atoms with Gasteiger partial charge in [-0.15, -0.1) is 0 Å². The number of nitrogens with one attached hydrogen (secondary N) is 1. The Hall–Kier alpha value is -3.38. The molecule has 0 atom stereocenters. The van der Waals surface area contributed by atoms with E-state index in [1.54, 1.807) is 0 Å². The summed E-state index contributed by atoms with van der Waals surface area (Å²) in [5.74, 6) is 0.829. The minimum Gasteiger partial charge on any atom is -0.378 e. The van der Waals surface area contributed by atoms with E-state index in [1.807, 2.05) is 13.0 Å². The third-order valence-corrected chi connectivity index (χ3v) is 5.92. The van der Waals surface area contributed by atoms with E-state index in [1.165, 1.54) is 23.3 Å². The number of hydrogen-bond acceptors (Lipinski definition) is 4. The van der Waals surface area contributed by atoms with E-state index in [9.17, 15) is 4.79 Å². The number of imidazole rings is 1. The van der Waals surface area contributed by atoms with E-state index in [4.69, 9.17) is 9.72 Å². The Kier molecular flexibility index (Phi) is 5.08. The third-order valence-electron chi connectivity index (χ3n) is 5.92. The largest absolute Gasteiger partial charge is 0.378 e. The number of ether oxygens (including phenoxy) is 1. The fraction of sp³-hybridized carbons (Fsp3) is 0.280. The third kappa shape index (κ3) is 3.75. The van der Waals surface area contributed by atoms with Crippen molar-refractivity contribution in [2.45, 2.75) is 20.4 Å². The van der Waals surface area contributed by atoms with Gasteiger partial charge in [-0.1, -0.05) is 42.5 Å². The number of aromatic nitrogens is 2. The summed E-state index contributed by atoms with van der Waals surface area (Å²) in [5.41, 5.74) is 4.94. The lowest BCUT2D eigenvalue weighted by atomic mass is 10.0. The van der Waals surface area contributed by atoms with Crippen LogP contribution in [-0.4, -0.2) is 41.8 Å². The van der Waals surface area contributed by atoms with Crippen LogP contribution in [0.5, 0.6) is 0 Å². The molecule has 158 valence electrons. The second kappa shape index (κ2) is 8.04. The van der Waals surface area contributed by atoms with Gasteiger partial charge in [0.2, 0.25) is 5.91 Å². The molecule has 0 radical (unpaired) electrons. The first kappa shape index (κ1) is 19.6. The van der Waals surface area contributed by atoms with Crippen molar-refractivity contribution in [3.8, 4) is 0 Å². The molecule has 5 rings (SSSR count). The molecule has 1 aliphatic rings. The summed E-state index contributed by atoms with van der Waals surface area (Å²) in [6, 6.07) is 19.1. The summed E-state index contributed by atoms with van der Waals surface area (Å²) < 4.78 is 7.76. The Morgan fingerprint density at radius 2 is 1.87 bits per heavy atom. The van der Waals surface area contributed by atoms with Crippen LogP contribution >= 0.6 is 0 Å². The van der Waals surface area contributed by atoms with Crippen molar-refractivity contribution < 1.29 is 9.53 Å². The van der Waals surface area contributed by atoms with Gasteiger partial charge in [0.1, 0.15) is 11.3 Å². The van der Waals surface area contributed by atoms with Crippen LogP contribution < -0.4 is 10.2 Å². The Labute approximate surface area is 181 Å². The standard InChI is InChI=1S/C25H26N4O2/c1-17-26-25-23(27-18(2)30)14-21(28-10-12-31-13-11-28)15-24(25)29(17)16-20-8-5-7-19-6-3-4-9-22(19)20/h3-9,14-15H,10-13,16H2,1-2H3,(H,27,30). The number of anilines is 2. The average Bonchev–Trinajstić information content (AvgIpc) is 3.10. The molecule has 2 heterocycles. The van der Waals surface area contributed by atoms with Crippen LogP contribution in [0.15, 0.2) is 54.6 Å². The number of fused-ring (bicyclic) bond motifs is 2. The smallest absolute Gasteiger partial charge is 0.221 e. The Balaban J connectivity index is 1.65. The Morgan fingerprint density at radius 3 is 2.68 bits per heavy atom. The van der Waals surface area contributed by atoms with Crippen molar-refractivity contribution >= 4 is 39.1 Å². The number of rotatable bonds is 4. The van der Waals surface area contributed by atoms with Crippen LogP contribution in [-0.2, 0) is 16.1 Å². The first-order chi connectivity index (χ1) is 15.1. The topological polar surface area (TPSA) is 59.4 Å². The Bertz CT molecular complexity index is 1270. The van der Waals surface area contributed by atoms with Crippen molar-refractivity contribution in [1.29, 1.82) is 0 Å². The molecule has 31 heavy (non-hydrogen) atoms. The molecule has 3 aromatic carbocycles. The Morgan fingerprint density at radius 1 is 1.10 bits per heavy atom. The maximum Gasteiger partial charge on any atom is 0.221 e. The predicted molar refractivity (Wildman–Crippen MR) is 125 cm³/mol. The summed E-state index contributed by atoms with van der Waals surface area (Å²) >= 11 is 0. The molecule has 0 bridgehead atoms. The van der Waals surface area contributed by atoms with E-state index >= 15 is 0 Å². The minimum absolute atomic E-state index is 0.0957. The molecule has 6 heteroatoms. The molecular formula is C25H26N4O2. The monoisotopic (exact) mass is 414 g/mol. The number of aryl methyl sites for hydroxylation is 1. The van der Waals surface area contributed by atoms with Gasteiger partial charge in [-0.2, -0.15) is 0 Å². The first-order valence-corrected chi connectivity index (χ1v) is 10.7. The molecule has 1 saturated heterocycles. The molecule has 1 aliphatic heterocycles. The van der Waals surface area contributed by atoms with Crippen LogP contribution in [0.3, 0.4) is 0 Å². The summed E-state index contributed by atoms with van der Waals surface area (Å²) in [4.78, 5) is 19.0. The van der Waals surface area contributed by atoms with Crippen molar-refractivity contribution in [3.05, 3.63) is 66.0 Å². The first-order valence-electron chi connectivity index (χ1n) is 10.7. The van der Waals surface area contributed by atoms with Gasteiger partial charge in [-0.05, 0) is 35.4 Å². The lowest BCUT2D eigenvalue weighted by Crippen LogP contribution is -2.36. The molecule has 4 aromatic rings. The molecular weight excluding hydrogens is 388 g/mol. The second-order valence-corrected chi connectivity index (χ2v) is 8.03. The summed E-state index contributed by atoms with van der Waals surface area (Å²) in [6.07, 6.45) is 0. The summed E-state index contributed by atoms with van der Waals surface area (Å²) in [5, 5.41) is 5.47. The van der Waals surface area contributed by atoms with Crippen molar-refractivity contribution in [1.82, 2.24) is 9.55 Å². The van der Waals surface area contributed by atoms with Crippen molar-refractivity contribution in [3.63, 3.8) is 0 Å². The van der Waals surface area contributed by atoms with Gasteiger partial charge in [0.25, 0.3) is 0 Å². The second-order valence-electron chi connectivity index (χ2n) is 8.03. The van der Waals surface area contributed by atoms with Crippen LogP contribution in [0.25, 0.3) is 21.8 Å². The molecule has 0 saturated carbocycles. The van der Waals surface area contributed by atoms with Gasteiger partial charge in [0, 0.05) is 32.2 Å². The lowest BCUT2D eigenvalue weighted by molar-refractivity contribution is -0.114. The molecule has 0 aliphatic carbocycles. The number of nitrogens with zero attached hydrogens (tertiary/aromatic N) is 3. The zero-order chi connectivity index (χ0) is 21.4. The molecule has 6 nitrogen and oxygen atoms in total. The highest BCUT2D eigenvalue weighted by Gasteiger charge is 2.19. The highest BCUT2D eigenvalue weighted by Crippen LogP contribution is 2.32. The van der Waals surface area contributed by atoms with Gasteiger partial charge in [0.05, 0.1) is 24.4 Å². The number of amides is 1. The molecule has 1 aromatic heterocycles. The number of carbonyl (C=O) groups excluding carboxylic acids is 1. The number of hydrogen-bond donors (Lipinski definition) is 1. The van der Waals surface area contributed by atoms with Crippen LogP contribution in [0.2, 0.25) is 0 Å². The van der Waals surface area contributed by atoms with E-state index in [-0.39, 0.29) is 5.91 Å². The number of carbonyl (C=O) groups is 1. The minimum atomic E-state index is -0.0957. The van der Waals surface area contributed by atoms with E-state index in [0.29, 0.717) is 13.2 Å². The van der Waals surface area contributed by atoms with Gasteiger partial charge in [0.15, 0.2) is 0 Å². The van der Waals surface area contributed by atoms with Crippen LogP contribution in [0.4, 0.5) is 11.4 Å². The number of morpholine rings is 1. The van der Waals surface area contributed by atoms with Crippen molar-refractivity contribution in [2.24, 2.45) is 0 Å². The normalized spacial score (nSPS) is 14.3. The molecule has 1 N–H and O–H groups in total. The van der Waals surface area contributed by atoms with Gasteiger partial charge < -0.3 is 19.5 Å². The SMILES string of the molecule is CC(=O)Nc1cc(N2CCOCC2)cc2c1nc(C)n2Cc1cccc2ccccc12. The zero-order valence-electron chi connectivity index (χ0n) is 17.9. The van der Waals surface area contributed by atoms with Gasteiger partial charge >= 0.3 is 0 Å².